The monoisotopic (exact) mass is 457 g/mol. The molecular formula is C19H13F4N2O5S+. The first-order chi connectivity index (χ1) is 14.3. The fraction of sp³-hybridized carbons (Fsp3) is 0.211. The van der Waals surface area contributed by atoms with Crippen molar-refractivity contribution in [1.82, 2.24) is 0 Å². The van der Waals surface area contributed by atoms with E-state index < -0.39 is 62.4 Å². The molecule has 1 aliphatic heterocycles. The van der Waals surface area contributed by atoms with Crippen molar-refractivity contribution in [3.05, 3.63) is 59.4 Å². The zero-order chi connectivity index (χ0) is 23.2. The van der Waals surface area contributed by atoms with E-state index in [2.05, 4.69) is 0 Å². The number of carbonyl (C=O) groups excluding carboxylic acids is 2. The molecule has 2 atom stereocenters. The lowest BCUT2D eigenvalue weighted by Gasteiger charge is -2.19. The largest absolute Gasteiger partial charge is 0.427 e. The Hall–Kier alpha value is -3.30. The maximum absolute atomic E-state index is 13.2. The van der Waals surface area contributed by atoms with Crippen LogP contribution in [0.2, 0.25) is 0 Å². The Morgan fingerprint density at radius 3 is 2.35 bits per heavy atom. The van der Waals surface area contributed by atoms with Crippen LogP contribution in [0.4, 0.5) is 28.0 Å². The van der Waals surface area contributed by atoms with Crippen molar-refractivity contribution in [2.24, 2.45) is 0 Å². The Balaban J connectivity index is 1.96. The Morgan fingerprint density at radius 2 is 1.81 bits per heavy atom. The van der Waals surface area contributed by atoms with E-state index in [1.807, 2.05) is 0 Å². The standard InChI is InChI=1S/C19H12F4N2O5S/c1-18(10-31(28,29)14-6-3-12(20)4-7-14)16(26)25(17(27)30-18)13-5-2-11(9-24)15(8-13)19(21,22)23/h2-8H,10H2,1H3/p+1. The average Bonchev–Trinajstić information content (AvgIpc) is 2.88. The Bertz CT molecular complexity index is 1160. The molecule has 0 spiro atoms. The Morgan fingerprint density at radius 1 is 1.19 bits per heavy atom. The van der Waals surface area contributed by atoms with E-state index >= 15 is 0 Å². The molecule has 1 saturated heterocycles. The summed E-state index contributed by atoms with van der Waals surface area (Å²) in [6.45, 7) is 1.04. The molecule has 0 radical (unpaired) electrons. The van der Waals surface area contributed by atoms with E-state index in [0.717, 1.165) is 43.3 Å². The van der Waals surface area contributed by atoms with Crippen LogP contribution in [0.5, 0.6) is 0 Å². The number of halogens is 4. The van der Waals surface area contributed by atoms with Gasteiger partial charge in [-0.05, 0) is 49.4 Å². The van der Waals surface area contributed by atoms with Gasteiger partial charge in [0, 0.05) is 0 Å². The Labute approximate surface area is 174 Å². The summed E-state index contributed by atoms with van der Waals surface area (Å²) >= 11 is 0. The topological polar surface area (TPSA) is 108 Å². The molecule has 1 N–H and O–H groups in total. The van der Waals surface area contributed by atoms with E-state index in [9.17, 15) is 35.9 Å². The van der Waals surface area contributed by atoms with Crippen molar-refractivity contribution in [1.29, 1.82) is 5.26 Å². The molecule has 0 aliphatic carbocycles. The Kier molecular flexibility index (Phi) is 5.37. The van der Waals surface area contributed by atoms with Gasteiger partial charge in [-0.25, -0.2) is 14.1 Å². The van der Waals surface area contributed by atoms with Crippen molar-refractivity contribution in [3.8, 4) is 6.07 Å². The highest BCUT2D eigenvalue weighted by Gasteiger charge is 2.57. The van der Waals surface area contributed by atoms with Gasteiger partial charge in [-0.2, -0.15) is 23.0 Å². The van der Waals surface area contributed by atoms with Crippen molar-refractivity contribution < 1.29 is 40.6 Å². The van der Waals surface area contributed by atoms with E-state index in [-0.39, 0.29) is 4.90 Å². The van der Waals surface area contributed by atoms with Crippen LogP contribution < -0.4 is 4.90 Å². The second-order valence-corrected chi connectivity index (χ2v) is 8.86. The fourth-order valence-corrected chi connectivity index (χ4v) is 4.68. The van der Waals surface area contributed by atoms with Gasteiger partial charge in [-0.3, -0.25) is 4.79 Å². The summed E-state index contributed by atoms with van der Waals surface area (Å²) in [4.78, 5) is 25.2. The maximum atomic E-state index is 13.2. The summed E-state index contributed by atoms with van der Waals surface area (Å²) in [5, 5.41) is 8.87. The zero-order valence-corrected chi connectivity index (χ0v) is 16.5. The van der Waals surface area contributed by atoms with Gasteiger partial charge in [-0.1, -0.05) is 4.21 Å². The first kappa shape index (κ1) is 22.4. The van der Waals surface area contributed by atoms with Crippen LogP contribution in [0, 0.1) is 17.1 Å². The minimum atomic E-state index is -4.93. The number of anilines is 1. The van der Waals surface area contributed by atoms with Crippen molar-refractivity contribution in [2.75, 3.05) is 10.7 Å². The normalized spacial score (nSPS) is 20.9. The average molecular weight is 457 g/mol. The molecule has 1 aliphatic rings. The molecule has 2 unspecified atom stereocenters. The minimum absolute atomic E-state index is 0.227. The van der Waals surface area contributed by atoms with Gasteiger partial charge in [0.25, 0.3) is 16.1 Å². The number of amides is 2. The number of nitrogens with zero attached hydrogens (tertiary/aromatic N) is 2. The number of alkyl halides is 3. The lowest BCUT2D eigenvalue weighted by molar-refractivity contribution is -0.137. The highest BCUT2D eigenvalue weighted by Crippen LogP contribution is 2.38. The van der Waals surface area contributed by atoms with E-state index in [1.54, 1.807) is 0 Å². The smallest absolute Gasteiger partial charge is 0.422 e. The van der Waals surface area contributed by atoms with Crippen LogP contribution in [0.15, 0.2) is 47.4 Å². The molecule has 2 aromatic carbocycles. The quantitative estimate of drug-likeness (QED) is 0.550. The molecular weight excluding hydrogens is 444 g/mol. The molecule has 2 amide bonds. The van der Waals surface area contributed by atoms with Gasteiger partial charge < -0.3 is 4.74 Å². The molecule has 0 saturated carbocycles. The molecule has 12 heteroatoms. The maximum Gasteiger partial charge on any atom is 0.422 e. The first-order valence-corrected chi connectivity index (χ1v) is 10.2. The highest BCUT2D eigenvalue weighted by atomic mass is 32.3. The molecule has 2 aromatic rings. The molecule has 162 valence electrons. The summed E-state index contributed by atoms with van der Waals surface area (Å²) in [5.74, 6) is -2.74. The van der Waals surface area contributed by atoms with Gasteiger partial charge in [0.1, 0.15) is 5.82 Å². The number of nitriles is 1. The van der Waals surface area contributed by atoms with Crippen molar-refractivity contribution in [2.45, 2.75) is 23.6 Å². The molecule has 3 rings (SSSR count). The molecule has 7 nitrogen and oxygen atoms in total. The predicted molar refractivity (Wildman–Crippen MR) is 98.7 cm³/mol. The molecule has 1 fully saturated rings. The first-order valence-electron chi connectivity index (χ1n) is 8.47. The van der Waals surface area contributed by atoms with Crippen LogP contribution >= 0.6 is 0 Å². The molecule has 0 aromatic heterocycles. The van der Waals surface area contributed by atoms with Crippen LogP contribution in [0.1, 0.15) is 18.1 Å². The third-order valence-corrected chi connectivity index (χ3v) is 6.44. The lowest BCUT2D eigenvalue weighted by Crippen LogP contribution is -2.45. The third-order valence-electron chi connectivity index (χ3n) is 4.49. The number of rotatable bonds is 4. The summed E-state index contributed by atoms with van der Waals surface area (Å²) in [6, 6.07) is 7.47. The number of ether oxygens (including phenoxy) is 1. The summed E-state index contributed by atoms with van der Waals surface area (Å²) in [7, 11) is -3.99. The van der Waals surface area contributed by atoms with Gasteiger partial charge in [0.2, 0.25) is 5.60 Å². The number of hydrogen-bond donors (Lipinski definition) is 1. The van der Waals surface area contributed by atoms with Crippen molar-refractivity contribution >= 4 is 27.9 Å². The van der Waals surface area contributed by atoms with Gasteiger partial charge >= 0.3 is 12.3 Å². The number of imide groups is 1. The van der Waals surface area contributed by atoms with Gasteiger partial charge in [0.05, 0.1) is 22.9 Å². The number of benzene rings is 2. The van der Waals surface area contributed by atoms with Gasteiger partial charge in [0.15, 0.2) is 10.6 Å². The molecule has 1 heterocycles. The van der Waals surface area contributed by atoms with Crippen LogP contribution in [-0.2, 0) is 30.1 Å². The van der Waals surface area contributed by atoms with Crippen LogP contribution in [-0.4, -0.2) is 27.9 Å². The SMILES string of the molecule is CC1(C[S+](=O)(O)c2ccc(F)cc2)OC(=O)N(c2ccc(C#N)c(C(F)(F)F)c2)C1=O. The predicted octanol–water partition coefficient (Wildman–Crippen LogP) is 3.99. The number of cyclic esters (lactones) is 1. The number of hydrogen-bond acceptors (Lipinski definition) is 5. The second kappa shape index (κ2) is 7.44. The molecule has 31 heavy (non-hydrogen) atoms. The third kappa shape index (κ3) is 4.14. The second-order valence-electron chi connectivity index (χ2n) is 6.82. The lowest BCUT2D eigenvalue weighted by atomic mass is 10.1. The minimum Gasteiger partial charge on any atom is -0.427 e. The summed E-state index contributed by atoms with van der Waals surface area (Å²) in [6.07, 6.45) is -6.28. The van der Waals surface area contributed by atoms with E-state index in [1.165, 1.54) is 6.07 Å². The van der Waals surface area contributed by atoms with Crippen LogP contribution in [0.25, 0.3) is 0 Å². The van der Waals surface area contributed by atoms with Crippen LogP contribution in [0.3, 0.4) is 0 Å². The highest BCUT2D eigenvalue weighted by molar-refractivity contribution is 7.97. The fourth-order valence-electron chi connectivity index (χ4n) is 3.02. The van der Waals surface area contributed by atoms with Gasteiger partial charge in [-0.15, -0.1) is 0 Å². The molecule has 0 bridgehead atoms. The van der Waals surface area contributed by atoms with Crippen molar-refractivity contribution in [3.63, 3.8) is 0 Å². The number of carbonyl (C=O) groups is 2. The van der Waals surface area contributed by atoms with E-state index in [0.29, 0.717) is 11.0 Å². The van der Waals surface area contributed by atoms with E-state index in [4.69, 9.17) is 10.00 Å². The summed E-state index contributed by atoms with van der Waals surface area (Å²) in [5.41, 5.74) is -4.77. The zero-order valence-electron chi connectivity index (χ0n) is 15.6. The summed E-state index contributed by atoms with van der Waals surface area (Å²) < 4.78 is 80.8.